The van der Waals surface area contributed by atoms with Gasteiger partial charge in [-0.2, -0.15) is 15.0 Å². The van der Waals surface area contributed by atoms with E-state index in [1.165, 1.54) is 0 Å². The Morgan fingerprint density at radius 3 is 2.56 bits per heavy atom. The molecule has 0 aliphatic heterocycles. The highest BCUT2D eigenvalue weighted by Gasteiger charge is 2.03. The van der Waals surface area contributed by atoms with Gasteiger partial charge in [-0.3, -0.25) is 0 Å². The first-order valence-electron chi connectivity index (χ1n) is 5.46. The standard InChI is InChI=1S/C12H14N6/c1-2-8-14-11-16-10(13)17-12(18-11)15-9-6-4-3-5-7-9/h2-7H,1,8H2,(H4,13,14,15,16,17,18). The number of nitrogen functional groups attached to an aromatic ring is 1. The SMILES string of the molecule is C=CCNc1nc(N)nc(Nc2ccccc2)n1. The van der Waals surface area contributed by atoms with E-state index in [0.717, 1.165) is 5.69 Å². The first kappa shape index (κ1) is 11.8. The Morgan fingerprint density at radius 2 is 1.83 bits per heavy atom. The van der Waals surface area contributed by atoms with Crippen LogP contribution in [0.25, 0.3) is 0 Å². The van der Waals surface area contributed by atoms with Crippen molar-refractivity contribution in [3.05, 3.63) is 43.0 Å². The summed E-state index contributed by atoms with van der Waals surface area (Å²) in [5, 5.41) is 6.01. The zero-order chi connectivity index (χ0) is 12.8. The van der Waals surface area contributed by atoms with Gasteiger partial charge in [-0.15, -0.1) is 6.58 Å². The van der Waals surface area contributed by atoms with Crippen LogP contribution in [0.5, 0.6) is 0 Å². The topological polar surface area (TPSA) is 88.8 Å². The quantitative estimate of drug-likeness (QED) is 0.693. The van der Waals surface area contributed by atoms with E-state index in [0.29, 0.717) is 18.4 Å². The highest BCUT2D eigenvalue weighted by atomic mass is 15.2. The van der Waals surface area contributed by atoms with Crippen molar-refractivity contribution in [3.8, 4) is 0 Å². The van der Waals surface area contributed by atoms with Crippen LogP contribution in [0.15, 0.2) is 43.0 Å². The summed E-state index contributed by atoms with van der Waals surface area (Å²) >= 11 is 0. The van der Waals surface area contributed by atoms with Gasteiger partial charge in [0.05, 0.1) is 0 Å². The number of rotatable bonds is 5. The normalized spacial score (nSPS) is 9.78. The lowest BCUT2D eigenvalue weighted by Crippen LogP contribution is -2.09. The summed E-state index contributed by atoms with van der Waals surface area (Å²) in [7, 11) is 0. The Morgan fingerprint density at radius 1 is 1.11 bits per heavy atom. The van der Waals surface area contributed by atoms with E-state index >= 15 is 0 Å². The molecule has 4 N–H and O–H groups in total. The van der Waals surface area contributed by atoms with Gasteiger partial charge in [0.2, 0.25) is 17.8 Å². The molecule has 0 radical (unpaired) electrons. The second-order valence-corrected chi connectivity index (χ2v) is 3.50. The number of benzene rings is 1. The smallest absolute Gasteiger partial charge is 0.233 e. The molecule has 92 valence electrons. The molecule has 0 fully saturated rings. The largest absolute Gasteiger partial charge is 0.368 e. The predicted octanol–water partition coefficient (Wildman–Crippen LogP) is 1.80. The highest BCUT2D eigenvalue weighted by Crippen LogP contribution is 2.13. The van der Waals surface area contributed by atoms with Crippen molar-refractivity contribution in [1.29, 1.82) is 0 Å². The molecule has 2 aromatic rings. The van der Waals surface area contributed by atoms with Crippen molar-refractivity contribution in [3.63, 3.8) is 0 Å². The maximum Gasteiger partial charge on any atom is 0.233 e. The summed E-state index contributed by atoms with van der Waals surface area (Å²) in [6.07, 6.45) is 1.71. The van der Waals surface area contributed by atoms with Gasteiger partial charge in [0.15, 0.2) is 0 Å². The molecule has 0 spiro atoms. The second-order valence-electron chi connectivity index (χ2n) is 3.50. The van der Waals surface area contributed by atoms with E-state index in [1.54, 1.807) is 6.08 Å². The molecule has 0 saturated carbocycles. The van der Waals surface area contributed by atoms with E-state index in [4.69, 9.17) is 5.73 Å². The molecule has 0 amide bonds. The Hall–Kier alpha value is -2.63. The molecule has 2 rings (SSSR count). The number of anilines is 4. The second kappa shape index (κ2) is 5.62. The maximum atomic E-state index is 5.62. The molecule has 0 saturated heterocycles. The van der Waals surface area contributed by atoms with Crippen LogP contribution in [0.2, 0.25) is 0 Å². The fraction of sp³-hybridized carbons (Fsp3) is 0.0833. The molecule has 1 aromatic carbocycles. The maximum absolute atomic E-state index is 5.62. The summed E-state index contributed by atoms with van der Waals surface area (Å²) in [6, 6.07) is 9.60. The first-order valence-corrected chi connectivity index (χ1v) is 5.46. The number of aromatic nitrogens is 3. The van der Waals surface area contributed by atoms with Crippen LogP contribution >= 0.6 is 0 Å². The molecular weight excluding hydrogens is 228 g/mol. The lowest BCUT2D eigenvalue weighted by Gasteiger charge is -2.07. The van der Waals surface area contributed by atoms with Crippen LogP contribution in [-0.2, 0) is 0 Å². The summed E-state index contributed by atoms with van der Waals surface area (Å²) in [6.45, 7) is 4.17. The molecule has 1 heterocycles. The van der Waals surface area contributed by atoms with E-state index in [2.05, 4.69) is 32.2 Å². The third-order valence-corrected chi connectivity index (χ3v) is 2.09. The Kier molecular flexibility index (Phi) is 3.70. The van der Waals surface area contributed by atoms with Crippen LogP contribution in [0.3, 0.4) is 0 Å². The average molecular weight is 242 g/mol. The molecule has 0 atom stereocenters. The van der Waals surface area contributed by atoms with Gasteiger partial charge in [0.1, 0.15) is 0 Å². The van der Waals surface area contributed by atoms with E-state index in [1.807, 2.05) is 30.3 Å². The highest BCUT2D eigenvalue weighted by molar-refractivity contribution is 5.54. The van der Waals surface area contributed by atoms with Crippen molar-refractivity contribution in [2.45, 2.75) is 0 Å². The molecule has 18 heavy (non-hydrogen) atoms. The van der Waals surface area contributed by atoms with Gasteiger partial charge < -0.3 is 16.4 Å². The number of nitrogens with one attached hydrogen (secondary N) is 2. The number of hydrogen-bond acceptors (Lipinski definition) is 6. The van der Waals surface area contributed by atoms with E-state index < -0.39 is 0 Å². The minimum Gasteiger partial charge on any atom is -0.368 e. The van der Waals surface area contributed by atoms with Crippen LogP contribution in [-0.4, -0.2) is 21.5 Å². The molecule has 1 aromatic heterocycles. The van der Waals surface area contributed by atoms with Crippen LogP contribution in [0, 0.1) is 0 Å². The van der Waals surface area contributed by atoms with Crippen molar-refractivity contribution >= 4 is 23.5 Å². The summed E-state index contributed by atoms with van der Waals surface area (Å²) in [5.74, 6) is 0.982. The fourth-order valence-electron chi connectivity index (χ4n) is 1.34. The number of nitrogens with two attached hydrogens (primary N) is 1. The average Bonchev–Trinajstić information content (AvgIpc) is 2.37. The summed E-state index contributed by atoms with van der Waals surface area (Å²) in [4.78, 5) is 12.2. The lowest BCUT2D eigenvalue weighted by atomic mass is 10.3. The van der Waals surface area contributed by atoms with Gasteiger partial charge in [-0.1, -0.05) is 24.3 Å². The first-order chi connectivity index (χ1) is 8.78. The zero-order valence-electron chi connectivity index (χ0n) is 9.80. The molecule has 0 aliphatic rings. The number of hydrogen-bond donors (Lipinski definition) is 3. The third kappa shape index (κ3) is 3.18. The Balaban J connectivity index is 2.17. The van der Waals surface area contributed by atoms with Crippen molar-refractivity contribution < 1.29 is 0 Å². The molecular formula is C12H14N6. The Bertz CT molecular complexity index is 525. The summed E-state index contributed by atoms with van der Waals surface area (Å²) in [5.41, 5.74) is 6.50. The zero-order valence-corrected chi connectivity index (χ0v) is 9.80. The molecule has 0 aliphatic carbocycles. The van der Waals surface area contributed by atoms with Gasteiger partial charge in [-0.05, 0) is 12.1 Å². The molecule has 6 nitrogen and oxygen atoms in total. The van der Waals surface area contributed by atoms with Gasteiger partial charge in [0.25, 0.3) is 0 Å². The lowest BCUT2D eigenvalue weighted by molar-refractivity contribution is 1.05. The molecule has 0 unspecified atom stereocenters. The summed E-state index contributed by atoms with van der Waals surface area (Å²) < 4.78 is 0. The van der Waals surface area contributed by atoms with Gasteiger partial charge in [-0.25, -0.2) is 0 Å². The van der Waals surface area contributed by atoms with Crippen LogP contribution in [0.1, 0.15) is 0 Å². The van der Waals surface area contributed by atoms with Gasteiger partial charge in [0, 0.05) is 12.2 Å². The number of nitrogens with zero attached hydrogens (tertiary/aromatic N) is 3. The van der Waals surface area contributed by atoms with Crippen LogP contribution in [0.4, 0.5) is 23.5 Å². The fourth-order valence-corrected chi connectivity index (χ4v) is 1.34. The van der Waals surface area contributed by atoms with Crippen molar-refractivity contribution in [1.82, 2.24) is 15.0 Å². The van der Waals surface area contributed by atoms with Crippen molar-refractivity contribution in [2.24, 2.45) is 0 Å². The molecule has 6 heteroatoms. The number of para-hydroxylation sites is 1. The van der Waals surface area contributed by atoms with Crippen molar-refractivity contribution in [2.75, 3.05) is 22.9 Å². The van der Waals surface area contributed by atoms with E-state index in [9.17, 15) is 0 Å². The predicted molar refractivity (Wildman–Crippen MR) is 72.7 cm³/mol. The van der Waals surface area contributed by atoms with E-state index in [-0.39, 0.29) is 5.95 Å². The Labute approximate surface area is 105 Å². The monoisotopic (exact) mass is 242 g/mol. The van der Waals surface area contributed by atoms with Crippen LogP contribution < -0.4 is 16.4 Å². The van der Waals surface area contributed by atoms with Gasteiger partial charge >= 0.3 is 0 Å². The minimum absolute atomic E-state index is 0.162. The minimum atomic E-state index is 0.162. The third-order valence-electron chi connectivity index (χ3n) is 2.09. The molecule has 0 bridgehead atoms.